The number of fused-ring (bicyclic) bond motifs is 2. The first-order valence-corrected chi connectivity index (χ1v) is 11.7. The van der Waals surface area contributed by atoms with Gasteiger partial charge in [0, 0.05) is 5.92 Å². The van der Waals surface area contributed by atoms with Gasteiger partial charge < -0.3 is 9.47 Å². The molecule has 3 aromatic rings. The van der Waals surface area contributed by atoms with Crippen molar-refractivity contribution >= 4 is 22.9 Å². The molecule has 0 saturated heterocycles. The zero-order valence-electron chi connectivity index (χ0n) is 19.2. The summed E-state index contributed by atoms with van der Waals surface area (Å²) in [5, 5.41) is 6.58. The lowest BCUT2D eigenvalue weighted by molar-refractivity contribution is -0.123. The average molecular weight is 443 g/mol. The molecule has 5 heteroatoms. The minimum Gasteiger partial charge on any atom is -0.493 e. The van der Waals surface area contributed by atoms with Crippen molar-refractivity contribution in [1.82, 2.24) is 5.43 Å². The van der Waals surface area contributed by atoms with E-state index in [4.69, 9.17) is 9.47 Å². The van der Waals surface area contributed by atoms with E-state index in [1.807, 2.05) is 36.4 Å². The van der Waals surface area contributed by atoms with Crippen LogP contribution >= 0.6 is 0 Å². The molecule has 0 aromatic heterocycles. The molecule has 5 rings (SSSR count). The number of nitrogens with one attached hydrogen (secondary N) is 1. The number of hydrogen-bond acceptors (Lipinski definition) is 4. The lowest BCUT2D eigenvalue weighted by atomic mass is 9.90. The smallest absolute Gasteiger partial charge is 0.244 e. The molecule has 0 spiro atoms. The van der Waals surface area contributed by atoms with E-state index in [9.17, 15) is 4.79 Å². The Morgan fingerprint density at radius 3 is 2.79 bits per heavy atom. The Balaban J connectivity index is 1.22. The molecule has 170 valence electrons. The van der Waals surface area contributed by atoms with Crippen LogP contribution < -0.4 is 14.9 Å². The molecular weight excluding hydrogens is 412 g/mol. The molecule has 0 bridgehead atoms. The Hall–Kier alpha value is -3.34. The van der Waals surface area contributed by atoms with Crippen molar-refractivity contribution in [2.45, 2.75) is 39.2 Å². The highest BCUT2D eigenvalue weighted by molar-refractivity contribution is 5.87. The van der Waals surface area contributed by atoms with Gasteiger partial charge in [0.15, 0.2) is 11.5 Å². The third kappa shape index (κ3) is 4.20. The summed E-state index contributed by atoms with van der Waals surface area (Å²) in [4.78, 5) is 12.6. The average Bonchev–Trinajstić information content (AvgIpc) is 3.48. The SMILES string of the molecule is COc1cc(/C=N\NC(=O)[C@@H]2[C@@H]3CCCC[C@@]23C)ccc1OCc1cccc2ccccc12. The maximum Gasteiger partial charge on any atom is 0.244 e. The molecule has 3 atom stereocenters. The van der Waals surface area contributed by atoms with Crippen molar-refractivity contribution in [1.29, 1.82) is 0 Å². The number of benzene rings is 3. The summed E-state index contributed by atoms with van der Waals surface area (Å²) in [6.07, 6.45) is 6.44. The summed E-state index contributed by atoms with van der Waals surface area (Å²) in [6.45, 7) is 2.69. The first-order valence-electron chi connectivity index (χ1n) is 11.7. The lowest BCUT2D eigenvalue weighted by Crippen LogP contribution is -2.22. The van der Waals surface area contributed by atoms with E-state index in [2.05, 4.69) is 41.7 Å². The standard InChI is InChI=1S/C28H30N2O3/c1-28-15-6-5-12-23(28)26(28)27(31)30-29-17-19-13-14-24(25(16-19)32-2)33-18-21-10-7-9-20-8-3-4-11-22(20)21/h3-4,7-11,13-14,16-17,23,26H,5-6,12,15,18H2,1-2H3,(H,30,31)/b29-17-/t23-,26-,28+/m0/s1. The normalized spacial score (nSPS) is 23.8. The van der Waals surface area contributed by atoms with E-state index in [-0.39, 0.29) is 17.2 Å². The second kappa shape index (κ2) is 8.89. The predicted molar refractivity (Wildman–Crippen MR) is 131 cm³/mol. The van der Waals surface area contributed by atoms with Crippen LogP contribution in [-0.4, -0.2) is 19.2 Å². The predicted octanol–water partition coefficient (Wildman–Crippen LogP) is 5.70. The largest absolute Gasteiger partial charge is 0.493 e. The van der Waals surface area contributed by atoms with Crippen LogP contribution in [0.3, 0.4) is 0 Å². The fraction of sp³-hybridized carbons (Fsp3) is 0.357. The van der Waals surface area contributed by atoms with E-state index in [0.717, 1.165) is 24.0 Å². The summed E-state index contributed by atoms with van der Waals surface area (Å²) >= 11 is 0. The van der Waals surface area contributed by atoms with Crippen LogP contribution in [0.2, 0.25) is 0 Å². The number of carbonyl (C=O) groups excluding carboxylic acids is 1. The Labute approximate surface area is 194 Å². The molecule has 5 nitrogen and oxygen atoms in total. The number of methoxy groups -OCH3 is 1. The number of carbonyl (C=O) groups is 1. The number of hydrazone groups is 1. The van der Waals surface area contributed by atoms with Gasteiger partial charge in [-0.3, -0.25) is 4.79 Å². The third-order valence-electron chi connectivity index (χ3n) is 7.45. The zero-order chi connectivity index (χ0) is 22.8. The van der Waals surface area contributed by atoms with Crippen LogP contribution in [0.25, 0.3) is 10.8 Å². The molecule has 2 fully saturated rings. The van der Waals surface area contributed by atoms with Gasteiger partial charge in [-0.15, -0.1) is 0 Å². The molecule has 0 aliphatic heterocycles. The van der Waals surface area contributed by atoms with Crippen LogP contribution in [0.15, 0.2) is 65.8 Å². The zero-order valence-corrected chi connectivity index (χ0v) is 19.2. The number of ether oxygens (including phenoxy) is 2. The van der Waals surface area contributed by atoms with Gasteiger partial charge in [0.2, 0.25) is 5.91 Å². The van der Waals surface area contributed by atoms with Crippen molar-refractivity contribution < 1.29 is 14.3 Å². The topological polar surface area (TPSA) is 59.9 Å². The van der Waals surface area contributed by atoms with E-state index < -0.39 is 0 Å². The highest BCUT2D eigenvalue weighted by atomic mass is 16.5. The molecule has 1 N–H and O–H groups in total. The molecule has 1 amide bonds. The minimum absolute atomic E-state index is 0.0441. The van der Waals surface area contributed by atoms with Gasteiger partial charge in [-0.05, 0) is 64.3 Å². The van der Waals surface area contributed by atoms with E-state index in [1.165, 1.54) is 23.6 Å². The summed E-state index contributed by atoms with van der Waals surface area (Å²) < 4.78 is 11.6. The van der Waals surface area contributed by atoms with Gasteiger partial charge in [0.1, 0.15) is 6.61 Å². The molecule has 0 heterocycles. The summed E-state index contributed by atoms with van der Waals surface area (Å²) in [6, 6.07) is 20.2. The van der Waals surface area contributed by atoms with E-state index in [0.29, 0.717) is 24.0 Å². The third-order valence-corrected chi connectivity index (χ3v) is 7.45. The Bertz CT molecular complexity index is 1200. The highest BCUT2D eigenvalue weighted by Crippen LogP contribution is 2.66. The maximum absolute atomic E-state index is 12.6. The fourth-order valence-electron chi connectivity index (χ4n) is 5.55. The van der Waals surface area contributed by atoms with Crippen LogP contribution in [-0.2, 0) is 11.4 Å². The maximum atomic E-state index is 12.6. The highest BCUT2D eigenvalue weighted by Gasteiger charge is 2.64. The quantitative estimate of drug-likeness (QED) is 0.377. The van der Waals surface area contributed by atoms with Crippen LogP contribution in [0, 0.1) is 17.3 Å². The number of rotatable bonds is 7. The number of amides is 1. The Morgan fingerprint density at radius 2 is 1.97 bits per heavy atom. The van der Waals surface area contributed by atoms with Crippen LogP contribution in [0.4, 0.5) is 0 Å². The van der Waals surface area contributed by atoms with Crippen molar-refractivity contribution in [2.75, 3.05) is 7.11 Å². The Kier molecular flexibility index (Phi) is 5.79. The van der Waals surface area contributed by atoms with E-state index >= 15 is 0 Å². The monoisotopic (exact) mass is 442 g/mol. The summed E-state index contributed by atoms with van der Waals surface area (Å²) in [7, 11) is 1.62. The molecule has 2 saturated carbocycles. The molecule has 3 aromatic carbocycles. The molecule has 0 unspecified atom stereocenters. The summed E-state index contributed by atoms with van der Waals surface area (Å²) in [5.41, 5.74) is 4.89. The van der Waals surface area contributed by atoms with Gasteiger partial charge in [0.25, 0.3) is 0 Å². The van der Waals surface area contributed by atoms with Crippen LogP contribution in [0.5, 0.6) is 11.5 Å². The first-order chi connectivity index (χ1) is 16.1. The second-order valence-corrected chi connectivity index (χ2v) is 9.41. The van der Waals surface area contributed by atoms with Gasteiger partial charge in [0.05, 0.1) is 13.3 Å². The number of nitrogens with zero attached hydrogens (tertiary/aromatic N) is 1. The number of hydrogen-bond donors (Lipinski definition) is 1. The fourth-order valence-corrected chi connectivity index (χ4v) is 5.55. The van der Waals surface area contributed by atoms with Gasteiger partial charge >= 0.3 is 0 Å². The lowest BCUT2D eigenvalue weighted by Gasteiger charge is -2.15. The van der Waals surface area contributed by atoms with Gasteiger partial charge in [-0.25, -0.2) is 5.43 Å². The summed E-state index contributed by atoms with van der Waals surface area (Å²) in [5.74, 6) is 1.98. The molecular formula is C28H30N2O3. The van der Waals surface area contributed by atoms with Gasteiger partial charge in [-0.2, -0.15) is 5.10 Å². The first kappa shape index (κ1) is 21.5. The van der Waals surface area contributed by atoms with Crippen molar-refractivity contribution in [3.05, 3.63) is 71.8 Å². The molecule has 0 radical (unpaired) electrons. The minimum atomic E-state index is 0.0441. The van der Waals surface area contributed by atoms with Gasteiger partial charge in [-0.1, -0.05) is 62.2 Å². The van der Waals surface area contributed by atoms with Crippen LogP contribution in [0.1, 0.15) is 43.7 Å². The second-order valence-electron chi connectivity index (χ2n) is 9.41. The van der Waals surface area contributed by atoms with Crippen molar-refractivity contribution in [3.8, 4) is 11.5 Å². The molecule has 33 heavy (non-hydrogen) atoms. The van der Waals surface area contributed by atoms with Crippen molar-refractivity contribution in [2.24, 2.45) is 22.4 Å². The van der Waals surface area contributed by atoms with Crippen molar-refractivity contribution in [3.63, 3.8) is 0 Å². The molecule has 2 aliphatic rings. The molecule has 2 aliphatic carbocycles. The Morgan fingerprint density at radius 1 is 1.12 bits per heavy atom. The van der Waals surface area contributed by atoms with E-state index in [1.54, 1.807) is 13.3 Å².